The summed E-state index contributed by atoms with van der Waals surface area (Å²) < 4.78 is 27.6. The molecule has 27 heavy (non-hydrogen) atoms. The number of halogens is 3. The van der Waals surface area contributed by atoms with Gasteiger partial charge in [-0.15, -0.1) is 0 Å². The molecule has 134 valence electrons. The number of amidine groups is 1. The van der Waals surface area contributed by atoms with Crippen LogP contribution < -0.4 is 4.90 Å². The topological polar surface area (TPSA) is 15.6 Å². The van der Waals surface area contributed by atoms with Crippen LogP contribution in [0.5, 0.6) is 0 Å². The highest BCUT2D eigenvalue weighted by Crippen LogP contribution is 2.39. The predicted molar refractivity (Wildman–Crippen MR) is 107 cm³/mol. The molecule has 0 spiro atoms. The quantitative estimate of drug-likeness (QED) is 0.495. The molecule has 0 unspecified atom stereocenters. The third-order valence-electron chi connectivity index (χ3n) is 4.44. The summed E-state index contributed by atoms with van der Waals surface area (Å²) in [5.41, 5.74) is 3.74. The van der Waals surface area contributed by atoms with Gasteiger partial charge in [0.25, 0.3) is 0 Å². The lowest BCUT2D eigenvalue weighted by Crippen LogP contribution is -2.32. The first kappa shape index (κ1) is 17.4. The van der Waals surface area contributed by atoms with E-state index in [0.29, 0.717) is 33.4 Å². The Morgan fingerprint density at radius 1 is 0.926 bits per heavy atom. The molecule has 3 aromatic rings. The summed E-state index contributed by atoms with van der Waals surface area (Å²) in [6, 6.07) is 17.3. The van der Waals surface area contributed by atoms with Crippen molar-refractivity contribution in [2.24, 2.45) is 4.99 Å². The molecule has 0 fully saturated rings. The fourth-order valence-corrected chi connectivity index (χ4v) is 3.43. The maximum Gasteiger partial charge on any atom is 0.161 e. The van der Waals surface area contributed by atoms with Crippen molar-refractivity contribution >= 4 is 34.5 Å². The number of fused-ring (bicyclic) bond motifs is 1. The van der Waals surface area contributed by atoms with E-state index in [0.717, 1.165) is 23.4 Å². The van der Waals surface area contributed by atoms with Gasteiger partial charge in [0.2, 0.25) is 0 Å². The molecule has 0 aromatic heterocycles. The molecule has 1 aliphatic rings. The van der Waals surface area contributed by atoms with Gasteiger partial charge in [-0.3, -0.25) is 4.90 Å². The van der Waals surface area contributed by atoms with Gasteiger partial charge in [-0.25, -0.2) is 13.8 Å². The molecule has 5 heteroatoms. The van der Waals surface area contributed by atoms with Crippen LogP contribution in [0.2, 0.25) is 5.02 Å². The average molecular weight is 381 g/mol. The fourth-order valence-electron chi connectivity index (χ4n) is 3.11. The van der Waals surface area contributed by atoms with Crippen LogP contribution in [0.25, 0.3) is 5.70 Å². The average Bonchev–Trinajstić information content (AvgIpc) is 2.64. The minimum Gasteiger partial charge on any atom is -0.294 e. The van der Waals surface area contributed by atoms with E-state index in [2.05, 4.69) is 11.6 Å². The van der Waals surface area contributed by atoms with Crippen LogP contribution >= 0.6 is 11.6 Å². The van der Waals surface area contributed by atoms with E-state index in [4.69, 9.17) is 11.6 Å². The number of para-hydroxylation sites is 1. The van der Waals surface area contributed by atoms with Crippen molar-refractivity contribution in [3.63, 3.8) is 0 Å². The molecule has 4 rings (SSSR count). The van der Waals surface area contributed by atoms with Gasteiger partial charge in [0.1, 0.15) is 5.84 Å². The molecule has 2 nitrogen and oxygen atoms in total. The molecule has 0 amide bonds. The van der Waals surface area contributed by atoms with Crippen molar-refractivity contribution in [1.29, 1.82) is 0 Å². The van der Waals surface area contributed by atoms with Crippen LogP contribution in [0, 0.1) is 18.6 Å². The molecule has 0 radical (unpaired) electrons. The zero-order valence-electron chi connectivity index (χ0n) is 14.5. The van der Waals surface area contributed by atoms with Crippen LogP contribution in [0.3, 0.4) is 0 Å². The third-order valence-corrected chi connectivity index (χ3v) is 4.75. The number of hydrogen-bond acceptors (Lipinski definition) is 2. The minimum absolute atomic E-state index is 0.317. The standard InChI is InChI=1S/C22H15ClF2N2/c1-13-8-9-16(18(23)10-13)22-26-21-12-20(25)19(24)11-17(21)14(2)27(22)15-6-4-3-5-7-15/h3-12H,2H2,1H3. The van der Waals surface area contributed by atoms with Gasteiger partial charge in [0.05, 0.1) is 10.7 Å². The van der Waals surface area contributed by atoms with E-state index in [9.17, 15) is 8.78 Å². The molecule has 0 N–H and O–H groups in total. The first-order valence-electron chi connectivity index (χ1n) is 8.34. The van der Waals surface area contributed by atoms with Crippen molar-refractivity contribution in [2.45, 2.75) is 6.92 Å². The third kappa shape index (κ3) is 3.02. The first-order chi connectivity index (χ1) is 13.0. The second kappa shape index (κ2) is 6.63. The Bertz CT molecular complexity index is 1090. The smallest absolute Gasteiger partial charge is 0.161 e. The number of benzene rings is 3. The minimum atomic E-state index is -0.951. The SMILES string of the molecule is C=C1c2cc(F)c(F)cc2N=C(c2ccc(C)cc2Cl)N1c1ccccc1. The Morgan fingerprint density at radius 3 is 2.33 bits per heavy atom. The molecule has 0 saturated carbocycles. The maximum atomic E-state index is 13.8. The van der Waals surface area contributed by atoms with Gasteiger partial charge >= 0.3 is 0 Å². The van der Waals surface area contributed by atoms with Crippen molar-refractivity contribution < 1.29 is 8.78 Å². The van der Waals surface area contributed by atoms with Gasteiger partial charge in [-0.1, -0.05) is 42.4 Å². The lowest BCUT2D eigenvalue weighted by molar-refractivity contribution is 0.508. The molecule has 3 aromatic carbocycles. The van der Waals surface area contributed by atoms with Crippen LogP contribution in [0.4, 0.5) is 20.2 Å². The molecule has 0 atom stereocenters. The molecule has 1 aliphatic heterocycles. The van der Waals surface area contributed by atoms with Gasteiger partial charge in [0, 0.05) is 28.6 Å². The van der Waals surface area contributed by atoms with Gasteiger partial charge in [0.15, 0.2) is 11.6 Å². The lowest BCUT2D eigenvalue weighted by Gasteiger charge is -2.33. The fraction of sp³-hybridized carbons (Fsp3) is 0.0455. The number of aryl methyl sites for hydroxylation is 1. The molecular weight excluding hydrogens is 366 g/mol. The summed E-state index contributed by atoms with van der Waals surface area (Å²) in [4.78, 5) is 6.41. The molecule has 0 aliphatic carbocycles. The van der Waals surface area contributed by atoms with Crippen LogP contribution in [-0.2, 0) is 0 Å². The molecular formula is C22H15ClF2N2. The largest absolute Gasteiger partial charge is 0.294 e. The van der Waals surface area contributed by atoms with Crippen LogP contribution in [-0.4, -0.2) is 5.84 Å². The zero-order valence-corrected chi connectivity index (χ0v) is 15.3. The maximum absolute atomic E-state index is 13.8. The number of anilines is 1. The van der Waals surface area contributed by atoms with E-state index in [1.165, 1.54) is 0 Å². The Labute approximate surface area is 161 Å². The number of rotatable bonds is 2. The number of aliphatic imine (C=N–C) groups is 1. The normalized spacial score (nSPS) is 13.4. The first-order valence-corrected chi connectivity index (χ1v) is 8.72. The summed E-state index contributed by atoms with van der Waals surface area (Å²) in [6.07, 6.45) is 0. The van der Waals surface area contributed by atoms with Crippen LogP contribution in [0.15, 0.2) is 72.2 Å². The molecule has 0 bridgehead atoms. The Morgan fingerprint density at radius 2 is 1.63 bits per heavy atom. The Balaban J connectivity index is 1.99. The zero-order chi connectivity index (χ0) is 19.1. The van der Waals surface area contributed by atoms with Crippen molar-refractivity contribution in [2.75, 3.05) is 4.90 Å². The van der Waals surface area contributed by atoms with Crippen molar-refractivity contribution in [3.05, 3.63) is 101 Å². The summed E-state index contributed by atoms with van der Waals surface area (Å²) in [5.74, 6) is -1.38. The summed E-state index contributed by atoms with van der Waals surface area (Å²) in [6.45, 7) is 6.06. The second-order valence-corrected chi connectivity index (χ2v) is 6.73. The number of hydrogen-bond donors (Lipinski definition) is 0. The monoisotopic (exact) mass is 380 g/mol. The van der Waals surface area contributed by atoms with Crippen molar-refractivity contribution in [3.8, 4) is 0 Å². The van der Waals surface area contributed by atoms with Gasteiger partial charge < -0.3 is 0 Å². The number of nitrogens with zero attached hydrogens (tertiary/aromatic N) is 2. The van der Waals surface area contributed by atoms with Crippen LogP contribution in [0.1, 0.15) is 16.7 Å². The van der Waals surface area contributed by atoms with Gasteiger partial charge in [-0.2, -0.15) is 0 Å². The predicted octanol–water partition coefficient (Wildman–Crippen LogP) is 6.50. The van der Waals surface area contributed by atoms with E-state index in [-0.39, 0.29) is 0 Å². The molecule has 0 saturated heterocycles. The molecule has 1 heterocycles. The van der Waals surface area contributed by atoms with E-state index < -0.39 is 11.6 Å². The van der Waals surface area contributed by atoms with E-state index in [1.54, 1.807) is 4.90 Å². The Hall–Kier alpha value is -2.98. The summed E-state index contributed by atoms with van der Waals surface area (Å²) in [7, 11) is 0. The van der Waals surface area contributed by atoms with E-state index >= 15 is 0 Å². The van der Waals surface area contributed by atoms with Gasteiger partial charge in [-0.05, 0) is 42.8 Å². The highest BCUT2D eigenvalue weighted by molar-refractivity contribution is 6.36. The van der Waals surface area contributed by atoms with E-state index in [1.807, 2.05) is 55.5 Å². The lowest BCUT2D eigenvalue weighted by atomic mass is 10.0. The summed E-state index contributed by atoms with van der Waals surface area (Å²) >= 11 is 6.48. The highest BCUT2D eigenvalue weighted by Gasteiger charge is 2.28. The summed E-state index contributed by atoms with van der Waals surface area (Å²) in [5, 5.41) is 0.522. The van der Waals surface area contributed by atoms with Crippen molar-refractivity contribution in [1.82, 2.24) is 0 Å². The highest BCUT2D eigenvalue weighted by atomic mass is 35.5. The second-order valence-electron chi connectivity index (χ2n) is 6.32. The Kier molecular flexibility index (Phi) is 4.28.